The molecule has 100 valence electrons. The van der Waals surface area contributed by atoms with Gasteiger partial charge in [-0.25, -0.2) is 0 Å². The molecule has 0 radical (unpaired) electrons. The number of hydrogen-bond donors (Lipinski definition) is 1. The van der Waals surface area contributed by atoms with Crippen molar-refractivity contribution >= 4 is 0 Å². The van der Waals surface area contributed by atoms with Crippen molar-refractivity contribution < 1.29 is 5.11 Å². The van der Waals surface area contributed by atoms with Gasteiger partial charge in [-0.05, 0) is 37.0 Å². The first-order valence-electron chi connectivity index (χ1n) is 6.78. The van der Waals surface area contributed by atoms with E-state index in [0.29, 0.717) is 0 Å². The lowest BCUT2D eigenvalue weighted by atomic mass is 9.76. The Morgan fingerprint density at radius 3 is 2.37 bits per heavy atom. The van der Waals surface area contributed by atoms with E-state index in [0.717, 1.165) is 6.42 Å². The van der Waals surface area contributed by atoms with Crippen LogP contribution in [0.5, 0.6) is 0 Å². The van der Waals surface area contributed by atoms with Gasteiger partial charge < -0.3 is 5.11 Å². The van der Waals surface area contributed by atoms with Gasteiger partial charge in [0.15, 0.2) is 0 Å². The SMILES string of the molecule is Cc1cccc(CC(C)(CO)c2ccccc2C)c1. The highest BCUT2D eigenvalue weighted by atomic mass is 16.3. The van der Waals surface area contributed by atoms with E-state index in [9.17, 15) is 5.11 Å². The van der Waals surface area contributed by atoms with E-state index in [1.807, 2.05) is 12.1 Å². The van der Waals surface area contributed by atoms with Gasteiger partial charge in [0.1, 0.15) is 0 Å². The number of aliphatic hydroxyl groups excluding tert-OH is 1. The minimum Gasteiger partial charge on any atom is -0.395 e. The van der Waals surface area contributed by atoms with E-state index in [1.165, 1.54) is 22.3 Å². The van der Waals surface area contributed by atoms with E-state index < -0.39 is 0 Å². The Bertz CT molecular complexity index is 559. The largest absolute Gasteiger partial charge is 0.395 e. The second-order valence-electron chi connectivity index (χ2n) is 5.70. The monoisotopic (exact) mass is 254 g/mol. The number of aliphatic hydroxyl groups is 1. The third-order valence-electron chi connectivity index (χ3n) is 3.82. The predicted molar refractivity (Wildman–Crippen MR) is 80.5 cm³/mol. The van der Waals surface area contributed by atoms with Gasteiger partial charge in [-0.15, -0.1) is 0 Å². The van der Waals surface area contributed by atoms with E-state index in [2.05, 4.69) is 57.2 Å². The van der Waals surface area contributed by atoms with Crippen LogP contribution in [-0.2, 0) is 11.8 Å². The molecule has 0 aliphatic carbocycles. The van der Waals surface area contributed by atoms with Crippen LogP contribution in [-0.4, -0.2) is 11.7 Å². The first-order chi connectivity index (χ1) is 9.05. The molecule has 2 rings (SSSR count). The van der Waals surface area contributed by atoms with Crippen molar-refractivity contribution in [2.24, 2.45) is 0 Å². The lowest BCUT2D eigenvalue weighted by molar-refractivity contribution is 0.204. The predicted octanol–water partition coefficient (Wildman–Crippen LogP) is 3.80. The van der Waals surface area contributed by atoms with Crippen molar-refractivity contribution in [1.82, 2.24) is 0 Å². The Balaban J connectivity index is 2.36. The summed E-state index contributed by atoms with van der Waals surface area (Å²) in [6, 6.07) is 16.9. The van der Waals surface area contributed by atoms with Crippen molar-refractivity contribution in [2.45, 2.75) is 32.6 Å². The molecule has 0 aliphatic heterocycles. The highest BCUT2D eigenvalue weighted by Crippen LogP contribution is 2.30. The molecule has 0 aliphatic rings. The molecule has 1 unspecified atom stereocenters. The second kappa shape index (κ2) is 5.58. The molecule has 0 amide bonds. The highest BCUT2D eigenvalue weighted by molar-refractivity contribution is 5.35. The molecule has 1 heteroatoms. The van der Waals surface area contributed by atoms with Gasteiger partial charge in [-0.3, -0.25) is 0 Å². The molecule has 0 aromatic heterocycles. The molecule has 0 saturated heterocycles. The van der Waals surface area contributed by atoms with Gasteiger partial charge >= 0.3 is 0 Å². The van der Waals surface area contributed by atoms with Gasteiger partial charge in [0.05, 0.1) is 6.61 Å². The van der Waals surface area contributed by atoms with Crippen molar-refractivity contribution in [1.29, 1.82) is 0 Å². The summed E-state index contributed by atoms with van der Waals surface area (Å²) in [4.78, 5) is 0. The number of benzene rings is 2. The van der Waals surface area contributed by atoms with Crippen LogP contribution in [0.4, 0.5) is 0 Å². The first-order valence-corrected chi connectivity index (χ1v) is 6.78. The molecule has 1 atom stereocenters. The zero-order chi connectivity index (χ0) is 13.9. The summed E-state index contributed by atoms with van der Waals surface area (Å²) in [6.07, 6.45) is 0.857. The quantitative estimate of drug-likeness (QED) is 0.880. The highest BCUT2D eigenvalue weighted by Gasteiger charge is 2.27. The average molecular weight is 254 g/mol. The van der Waals surface area contributed by atoms with Gasteiger partial charge in [0, 0.05) is 5.41 Å². The molecule has 0 bridgehead atoms. The zero-order valence-electron chi connectivity index (χ0n) is 12.0. The maximum Gasteiger partial charge on any atom is 0.0528 e. The van der Waals surface area contributed by atoms with Crippen LogP contribution in [0.3, 0.4) is 0 Å². The Morgan fingerprint density at radius 2 is 1.74 bits per heavy atom. The fraction of sp³-hybridized carbons (Fsp3) is 0.333. The van der Waals surface area contributed by atoms with Crippen LogP contribution >= 0.6 is 0 Å². The van der Waals surface area contributed by atoms with Crippen LogP contribution in [0, 0.1) is 13.8 Å². The van der Waals surface area contributed by atoms with Crippen LogP contribution in [0.25, 0.3) is 0 Å². The van der Waals surface area contributed by atoms with Crippen molar-refractivity contribution in [2.75, 3.05) is 6.61 Å². The smallest absolute Gasteiger partial charge is 0.0528 e. The van der Waals surface area contributed by atoms with Gasteiger partial charge in [-0.1, -0.05) is 61.0 Å². The lowest BCUT2D eigenvalue weighted by Gasteiger charge is -2.30. The normalized spacial score (nSPS) is 14.1. The van der Waals surface area contributed by atoms with Gasteiger partial charge in [0.2, 0.25) is 0 Å². The summed E-state index contributed by atoms with van der Waals surface area (Å²) in [5.41, 5.74) is 4.80. The molecule has 0 heterocycles. The summed E-state index contributed by atoms with van der Waals surface area (Å²) in [7, 11) is 0. The minimum atomic E-state index is -0.223. The topological polar surface area (TPSA) is 20.2 Å². The van der Waals surface area contributed by atoms with Crippen LogP contribution in [0.2, 0.25) is 0 Å². The first kappa shape index (κ1) is 13.8. The van der Waals surface area contributed by atoms with Gasteiger partial charge in [0.25, 0.3) is 0 Å². The van der Waals surface area contributed by atoms with Crippen molar-refractivity contribution in [3.63, 3.8) is 0 Å². The minimum absolute atomic E-state index is 0.159. The summed E-state index contributed by atoms with van der Waals surface area (Å²) in [5.74, 6) is 0. The summed E-state index contributed by atoms with van der Waals surface area (Å²) < 4.78 is 0. The molecular formula is C18H22O. The molecule has 0 saturated carbocycles. The maximum absolute atomic E-state index is 9.89. The molecule has 1 N–H and O–H groups in total. The lowest BCUT2D eigenvalue weighted by Crippen LogP contribution is -2.30. The Kier molecular flexibility index (Phi) is 4.06. The zero-order valence-corrected chi connectivity index (χ0v) is 12.0. The molecule has 2 aromatic rings. The number of hydrogen-bond acceptors (Lipinski definition) is 1. The van der Waals surface area contributed by atoms with Crippen molar-refractivity contribution in [3.05, 3.63) is 70.8 Å². The molecule has 0 fully saturated rings. The third-order valence-corrected chi connectivity index (χ3v) is 3.82. The standard InChI is InChI=1S/C18H22O/c1-14-7-6-9-16(11-14)12-18(3,13-19)17-10-5-4-8-15(17)2/h4-11,19H,12-13H2,1-3H3. The maximum atomic E-state index is 9.89. The molecule has 1 nitrogen and oxygen atoms in total. The van der Waals surface area contributed by atoms with Crippen LogP contribution < -0.4 is 0 Å². The fourth-order valence-corrected chi connectivity index (χ4v) is 2.76. The van der Waals surface area contributed by atoms with E-state index in [-0.39, 0.29) is 12.0 Å². The second-order valence-corrected chi connectivity index (χ2v) is 5.70. The third kappa shape index (κ3) is 3.05. The molecule has 0 spiro atoms. The van der Waals surface area contributed by atoms with Crippen LogP contribution in [0.1, 0.15) is 29.2 Å². The molecule has 2 aromatic carbocycles. The summed E-state index contributed by atoms with van der Waals surface area (Å²) >= 11 is 0. The van der Waals surface area contributed by atoms with E-state index >= 15 is 0 Å². The molecular weight excluding hydrogens is 232 g/mol. The van der Waals surface area contributed by atoms with Crippen molar-refractivity contribution in [3.8, 4) is 0 Å². The van der Waals surface area contributed by atoms with Gasteiger partial charge in [-0.2, -0.15) is 0 Å². The Hall–Kier alpha value is -1.60. The fourth-order valence-electron chi connectivity index (χ4n) is 2.76. The average Bonchev–Trinajstić information content (AvgIpc) is 2.39. The summed E-state index contributed by atoms with van der Waals surface area (Å²) in [5, 5.41) is 9.89. The van der Waals surface area contributed by atoms with Crippen LogP contribution in [0.15, 0.2) is 48.5 Å². The van der Waals surface area contributed by atoms with E-state index in [1.54, 1.807) is 0 Å². The summed E-state index contributed by atoms with van der Waals surface area (Å²) in [6.45, 7) is 6.51. The Labute approximate surface area is 115 Å². The number of aryl methyl sites for hydroxylation is 2. The van der Waals surface area contributed by atoms with E-state index in [4.69, 9.17) is 0 Å². The number of rotatable bonds is 4. The molecule has 19 heavy (non-hydrogen) atoms. The Morgan fingerprint density at radius 1 is 1.00 bits per heavy atom.